The third-order valence-electron chi connectivity index (χ3n) is 12.7. The Balaban J connectivity index is 0.869. The van der Waals surface area contributed by atoms with Crippen LogP contribution in [0, 0.1) is 10.1 Å². The molecule has 20 nitrogen and oxygen atoms in total. The fourth-order valence-corrected chi connectivity index (χ4v) is 9.43. The maximum atomic E-state index is 13.6. The maximum absolute atomic E-state index is 13.6. The summed E-state index contributed by atoms with van der Waals surface area (Å²) in [6.45, 7) is 6.80. The Morgan fingerprint density at radius 2 is 1.40 bits per heavy atom. The third kappa shape index (κ3) is 14.9. The molecule has 78 heavy (non-hydrogen) atoms. The number of amides is 1. The van der Waals surface area contributed by atoms with Crippen LogP contribution in [0.3, 0.4) is 0 Å². The molecule has 21 heteroatoms. The summed E-state index contributed by atoms with van der Waals surface area (Å²) >= 11 is 0. The molecule has 0 aromatic heterocycles. The molecule has 5 aromatic carbocycles. The highest BCUT2D eigenvalue weighted by Crippen LogP contribution is 2.45. The van der Waals surface area contributed by atoms with Gasteiger partial charge in [-0.1, -0.05) is 38.8 Å². The molecule has 0 spiro atoms. The second kappa shape index (κ2) is 26.7. The van der Waals surface area contributed by atoms with Gasteiger partial charge in [-0.3, -0.25) is 19.5 Å². The van der Waals surface area contributed by atoms with Crippen LogP contribution in [0.1, 0.15) is 71.7 Å². The van der Waals surface area contributed by atoms with Gasteiger partial charge in [-0.05, 0) is 96.6 Å². The predicted octanol–water partition coefficient (Wildman–Crippen LogP) is 12.5. The van der Waals surface area contributed by atoms with E-state index in [2.05, 4.69) is 39.6 Å². The van der Waals surface area contributed by atoms with E-state index in [1.807, 2.05) is 72.1 Å². The Morgan fingerprint density at radius 1 is 0.756 bits per heavy atom. The summed E-state index contributed by atoms with van der Waals surface area (Å²) in [7, 11) is 3.43. The Morgan fingerprint density at radius 3 is 2.00 bits per heavy atom. The summed E-state index contributed by atoms with van der Waals surface area (Å²) in [6.07, 6.45) is 2.84. The highest BCUT2D eigenvalue weighted by Gasteiger charge is 2.25. The highest BCUT2D eigenvalue weighted by atomic mass is 31.2. The number of nitro groups is 1. The molecule has 0 saturated carbocycles. The van der Waals surface area contributed by atoms with Crippen molar-refractivity contribution in [2.24, 2.45) is 20.5 Å². The van der Waals surface area contributed by atoms with Crippen molar-refractivity contribution in [1.29, 1.82) is 0 Å². The molecule has 5 aromatic rings. The Bertz CT molecular complexity index is 3410. The standard InChI is InChI=1S/C57H63N8O12P/c1-37(2)38-12-24-46-51(33-38)77-52-34-44(63(3)4)22-25-47(52)55(46)48-32-39(13-23-45(48)57(68)69)56(67)58-26-10-8-9-11-30-75-78(7,72)76-31-28-64(27-29-66)42-18-14-40(15-19-42)59-61-49-35-54(74-6)50(36-53(49)73-5)62-60-41-16-20-43(21-17-41)65(70)71/h12-25,32-37,66H,8-11,26-31H2,1-7H3,(H-,58,67,68,69)/p+1/b61-59+,62-60+. The minimum absolute atomic E-state index is 0.0612. The number of fused-ring (bicyclic) bond motifs is 2. The van der Waals surface area contributed by atoms with E-state index in [9.17, 15) is 34.5 Å². The molecule has 3 N–H and O–H groups in total. The summed E-state index contributed by atoms with van der Waals surface area (Å²) in [5, 5.41) is 52.9. The number of non-ortho nitro benzene ring substituents is 1. The van der Waals surface area contributed by atoms with Gasteiger partial charge in [-0.25, -0.2) is 9.37 Å². The van der Waals surface area contributed by atoms with Crippen LogP contribution in [-0.2, 0) is 13.6 Å². The smallest absolute Gasteiger partial charge is 0.336 e. The quantitative estimate of drug-likeness (QED) is 0.00869. The van der Waals surface area contributed by atoms with Crippen LogP contribution >= 0.6 is 7.60 Å². The largest absolute Gasteiger partial charge is 0.494 e. The molecule has 2 aliphatic rings. The number of unbranched alkanes of at least 4 members (excludes halogenated alkanes) is 3. The number of aromatic carboxylic acids is 1. The number of carboxylic acids is 1. The lowest BCUT2D eigenvalue weighted by atomic mass is 9.88. The number of nitro benzene ring substituents is 1. The number of ether oxygens (including phenoxy) is 2. The number of hydrogen-bond acceptors (Lipinski definition) is 16. The van der Waals surface area contributed by atoms with E-state index in [1.165, 1.54) is 57.3 Å². The highest BCUT2D eigenvalue weighted by molar-refractivity contribution is 7.52. The van der Waals surface area contributed by atoms with Crippen molar-refractivity contribution >= 4 is 64.6 Å². The summed E-state index contributed by atoms with van der Waals surface area (Å²) in [6, 6.07) is 32.4. The van der Waals surface area contributed by atoms with Crippen molar-refractivity contribution in [3.8, 4) is 33.9 Å². The minimum atomic E-state index is -3.40. The maximum Gasteiger partial charge on any atom is 0.336 e. The molecular formula is C57H64N8O12P+. The second-order valence-corrected chi connectivity index (χ2v) is 20.8. The van der Waals surface area contributed by atoms with Gasteiger partial charge >= 0.3 is 13.6 Å². The van der Waals surface area contributed by atoms with E-state index in [0.717, 1.165) is 40.4 Å². The van der Waals surface area contributed by atoms with Gasteiger partial charge in [-0.15, -0.1) is 10.2 Å². The first-order valence-electron chi connectivity index (χ1n) is 25.3. The average Bonchev–Trinajstić information content (AvgIpc) is 3.58. The van der Waals surface area contributed by atoms with E-state index in [-0.39, 0.29) is 42.9 Å². The van der Waals surface area contributed by atoms with E-state index in [1.54, 1.807) is 30.3 Å². The molecular weight excluding hydrogens is 1020 g/mol. The summed E-state index contributed by atoms with van der Waals surface area (Å²) in [4.78, 5) is 38.6. The van der Waals surface area contributed by atoms with Crippen molar-refractivity contribution in [2.75, 3.05) is 79.3 Å². The number of methoxy groups -OCH3 is 2. The summed E-state index contributed by atoms with van der Waals surface area (Å²) < 4.78 is 44.1. The first-order chi connectivity index (χ1) is 37.5. The number of nitrogens with one attached hydrogen (secondary N) is 1. The predicted molar refractivity (Wildman–Crippen MR) is 299 cm³/mol. The van der Waals surface area contributed by atoms with Gasteiger partial charge in [0, 0.05) is 84.4 Å². The van der Waals surface area contributed by atoms with Crippen LogP contribution < -0.4 is 29.6 Å². The molecule has 7 rings (SSSR count). The summed E-state index contributed by atoms with van der Waals surface area (Å²) in [5.74, 6) is 0.0991. The molecule has 1 aliphatic carbocycles. The molecule has 0 saturated heterocycles. The SMILES string of the molecule is COc1cc(/N=N/c2ccc([N+](=O)[O-])cc2)c(OC)cc1/N=N/c1ccc(N(CCO)CCOP(C)(=O)OCCCCCCNC(=O)c2ccc(C(=O)O)c(-c3c4ccc(=[N+](C)C)cc-4oc4cc(C(C)C)ccc34)c2)cc1. The number of azo groups is 2. The number of carboxylic acid groups (broad SMARTS) is 1. The number of nitrogens with zero attached hydrogens (tertiary/aromatic N) is 7. The lowest BCUT2D eigenvalue weighted by molar-refractivity contribution is -0.384. The number of benzene rings is 6. The number of anilines is 1. The van der Waals surface area contributed by atoms with Crippen molar-refractivity contribution in [3.05, 3.63) is 147 Å². The lowest BCUT2D eigenvalue weighted by Crippen LogP contribution is -2.30. The van der Waals surface area contributed by atoms with Crippen molar-refractivity contribution < 1.29 is 52.2 Å². The van der Waals surface area contributed by atoms with Gasteiger partial charge in [0.15, 0.2) is 0 Å². The molecule has 1 aliphatic heterocycles. The number of rotatable bonds is 26. The van der Waals surface area contributed by atoms with Crippen molar-refractivity contribution in [1.82, 2.24) is 9.89 Å². The van der Waals surface area contributed by atoms with Crippen LogP contribution in [0.15, 0.2) is 140 Å². The first kappa shape index (κ1) is 57.5. The molecule has 408 valence electrons. The van der Waals surface area contributed by atoms with Crippen molar-refractivity contribution in [2.45, 2.75) is 45.4 Å². The van der Waals surface area contributed by atoms with Gasteiger partial charge in [0.1, 0.15) is 48.3 Å². The molecule has 0 radical (unpaired) electrons. The molecule has 1 heterocycles. The van der Waals surface area contributed by atoms with Crippen LogP contribution in [0.25, 0.3) is 33.4 Å². The van der Waals surface area contributed by atoms with Crippen LogP contribution in [0.2, 0.25) is 0 Å². The topological polar surface area (TPSA) is 253 Å². The molecule has 0 fully saturated rings. The zero-order valence-corrected chi connectivity index (χ0v) is 45.6. The fraction of sp³-hybridized carbons (Fsp3) is 0.316. The minimum Gasteiger partial charge on any atom is -0.494 e. The van der Waals surface area contributed by atoms with Gasteiger partial charge in [-0.2, -0.15) is 10.2 Å². The monoisotopic (exact) mass is 1080 g/mol. The number of aliphatic hydroxyl groups is 1. The Labute approximate surface area is 451 Å². The summed E-state index contributed by atoms with van der Waals surface area (Å²) in [5.41, 5.74) is 6.26. The number of carbonyl (C=O) groups excluding carboxylic acids is 1. The first-order valence-corrected chi connectivity index (χ1v) is 27.3. The molecule has 0 bridgehead atoms. The van der Waals surface area contributed by atoms with Crippen molar-refractivity contribution in [3.63, 3.8) is 0 Å². The van der Waals surface area contributed by atoms with E-state index in [4.69, 9.17) is 22.9 Å². The van der Waals surface area contributed by atoms with Gasteiger partial charge in [0.25, 0.3) is 11.6 Å². The zero-order valence-electron chi connectivity index (χ0n) is 44.7. The number of aliphatic hydroxyl groups excluding tert-OH is 1. The molecule has 1 unspecified atom stereocenters. The molecule has 1 amide bonds. The Hall–Kier alpha value is -8.16. The van der Waals surface area contributed by atoms with Crippen LogP contribution in [0.4, 0.5) is 34.1 Å². The van der Waals surface area contributed by atoms with Gasteiger partial charge < -0.3 is 43.4 Å². The van der Waals surface area contributed by atoms with E-state index < -0.39 is 18.5 Å². The number of carbonyl (C=O) groups is 2. The van der Waals surface area contributed by atoms with Crippen LogP contribution in [0.5, 0.6) is 11.5 Å². The fourth-order valence-electron chi connectivity index (χ4n) is 8.48. The van der Waals surface area contributed by atoms with Crippen LogP contribution in [-0.4, -0.2) is 101 Å². The normalized spacial score (nSPS) is 12.4. The zero-order chi connectivity index (χ0) is 55.9. The second-order valence-electron chi connectivity index (χ2n) is 18.7. The average molecular weight is 1080 g/mol. The number of hydrogen-bond donors (Lipinski definition) is 3. The lowest BCUT2D eigenvalue weighted by Gasteiger charge is -2.24. The van der Waals surface area contributed by atoms with E-state index >= 15 is 0 Å². The van der Waals surface area contributed by atoms with E-state index in [0.29, 0.717) is 94.8 Å². The Kier molecular flexibility index (Phi) is 19.7. The van der Waals surface area contributed by atoms with Gasteiger partial charge in [0.2, 0.25) is 5.36 Å². The molecule has 1 atom stereocenters. The third-order valence-corrected chi connectivity index (χ3v) is 14.0. The van der Waals surface area contributed by atoms with Gasteiger partial charge in [0.05, 0.1) is 62.0 Å².